The van der Waals surface area contributed by atoms with Crippen LogP contribution in [0, 0.1) is 13.1 Å². The molecule has 0 saturated heterocycles. The molecule has 0 aliphatic heterocycles. The Morgan fingerprint density at radius 3 is 1.48 bits per heavy atom. The summed E-state index contributed by atoms with van der Waals surface area (Å²) in [5, 5.41) is 2.86. The quantitative estimate of drug-likeness (QED) is 0.152. The summed E-state index contributed by atoms with van der Waals surface area (Å²) in [6.45, 7) is 15.5. The zero-order chi connectivity index (χ0) is 31.0. The van der Waals surface area contributed by atoms with Crippen LogP contribution in [0.15, 0.2) is 140 Å². The standard InChI is InChI=1S/C41H23N5/c1-42-30-22-29(23-31(24-30)43-2)33-25-34-36(32-20-12-13-21-35(32)44-37(34)26-14-6-3-7-15-26)41-40(33)45-38(27-16-8-4-9-17-27)39(46-41)28-18-10-5-11-19-28/h3-25H. The fourth-order valence-electron chi connectivity index (χ4n) is 6.14. The summed E-state index contributed by atoms with van der Waals surface area (Å²) in [6.07, 6.45) is 0. The second-order valence-electron chi connectivity index (χ2n) is 11.0. The second-order valence-corrected chi connectivity index (χ2v) is 11.0. The molecule has 0 fully saturated rings. The van der Waals surface area contributed by atoms with Gasteiger partial charge in [-0.05, 0) is 17.7 Å². The van der Waals surface area contributed by atoms with Crippen molar-refractivity contribution in [3.8, 4) is 44.9 Å². The van der Waals surface area contributed by atoms with Gasteiger partial charge in [0.05, 0.1) is 46.8 Å². The number of nitrogens with zero attached hydrogens (tertiary/aromatic N) is 5. The van der Waals surface area contributed by atoms with Crippen LogP contribution >= 0.6 is 0 Å². The van der Waals surface area contributed by atoms with Crippen LogP contribution in [0.1, 0.15) is 0 Å². The molecule has 5 nitrogen and oxygen atoms in total. The highest BCUT2D eigenvalue weighted by Crippen LogP contribution is 2.44. The van der Waals surface area contributed by atoms with E-state index in [2.05, 4.69) is 46.1 Å². The Hall–Kier alpha value is -6.69. The van der Waals surface area contributed by atoms with Crippen molar-refractivity contribution in [3.63, 3.8) is 0 Å². The molecule has 2 aromatic heterocycles. The molecular weight excluding hydrogens is 562 g/mol. The first-order valence-electron chi connectivity index (χ1n) is 14.9. The van der Waals surface area contributed by atoms with Gasteiger partial charge in [0.1, 0.15) is 0 Å². The van der Waals surface area contributed by atoms with E-state index in [0.717, 1.165) is 72.1 Å². The van der Waals surface area contributed by atoms with E-state index in [-0.39, 0.29) is 0 Å². The van der Waals surface area contributed by atoms with Gasteiger partial charge in [0.2, 0.25) is 0 Å². The predicted molar refractivity (Wildman–Crippen MR) is 187 cm³/mol. The highest BCUT2D eigenvalue weighted by atomic mass is 14.8. The third-order valence-corrected chi connectivity index (χ3v) is 8.22. The predicted octanol–water partition coefficient (Wildman–Crippen LogP) is 11.1. The summed E-state index contributed by atoms with van der Waals surface area (Å²) < 4.78 is 0. The number of rotatable bonds is 4. The topological polar surface area (TPSA) is 47.4 Å². The summed E-state index contributed by atoms with van der Waals surface area (Å²) in [5.41, 5.74) is 9.87. The zero-order valence-electron chi connectivity index (χ0n) is 24.5. The van der Waals surface area contributed by atoms with Crippen molar-refractivity contribution >= 4 is 44.1 Å². The van der Waals surface area contributed by atoms with Crippen LogP contribution in [0.4, 0.5) is 11.4 Å². The molecule has 5 heteroatoms. The average Bonchev–Trinajstić information content (AvgIpc) is 3.14. The van der Waals surface area contributed by atoms with Crippen LogP contribution in [0.5, 0.6) is 0 Å². The third-order valence-electron chi connectivity index (χ3n) is 8.22. The Kier molecular flexibility index (Phi) is 6.49. The van der Waals surface area contributed by atoms with Gasteiger partial charge < -0.3 is 0 Å². The molecule has 2 heterocycles. The van der Waals surface area contributed by atoms with Gasteiger partial charge >= 0.3 is 0 Å². The number of hydrogen-bond donors (Lipinski definition) is 0. The number of hydrogen-bond acceptors (Lipinski definition) is 3. The summed E-state index contributed by atoms with van der Waals surface area (Å²) >= 11 is 0. The monoisotopic (exact) mass is 585 g/mol. The molecule has 46 heavy (non-hydrogen) atoms. The molecule has 0 atom stereocenters. The Morgan fingerprint density at radius 1 is 0.413 bits per heavy atom. The van der Waals surface area contributed by atoms with Crippen molar-refractivity contribution < 1.29 is 0 Å². The fraction of sp³-hybridized carbons (Fsp3) is 0. The molecule has 0 spiro atoms. The number of pyridine rings is 1. The van der Waals surface area contributed by atoms with Gasteiger partial charge in [-0.2, -0.15) is 0 Å². The van der Waals surface area contributed by atoms with Crippen molar-refractivity contribution in [1.29, 1.82) is 0 Å². The second kappa shape index (κ2) is 11.1. The van der Waals surface area contributed by atoms with Gasteiger partial charge in [0.25, 0.3) is 0 Å². The molecule has 0 radical (unpaired) electrons. The number of para-hydroxylation sites is 1. The molecule has 0 aliphatic carbocycles. The van der Waals surface area contributed by atoms with Gasteiger partial charge in [-0.25, -0.2) is 24.6 Å². The van der Waals surface area contributed by atoms with Crippen molar-refractivity contribution in [2.45, 2.75) is 0 Å². The van der Waals surface area contributed by atoms with Crippen molar-refractivity contribution in [2.75, 3.05) is 0 Å². The van der Waals surface area contributed by atoms with Crippen LogP contribution < -0.4 is 0 Å². The van der Waals surface area contributed by atoms with Crippen LogP contribution in [0.3, 0.4) is 0 Å². The first-order valence-corrected chi connectivity index (χ1v) is 14.9. The minimum Gasteiger partial charge on any atom is -0.247 e. The maximum absolute atomic E-state index is 7.76. The Balaban J connectivity index is 1.62. The molecule has 0 bridgehead atoms. The first-order chi connectivity index (χ1) is 22.7. The van der Waals surface area contributed by atoms with E-state index in [1.54, 1.807) is 6.07 Å². The van der Waals surface area contributed by atoms with E-state index in [1.165, 1.54) is 0 Å². The van der Waals surface area contributed by atoms with E-state index in [9.17, 15) is 0 Å². The summed E-state index contributed by atoms with van der Waals surface area (Å²) in [7, 11) is 0. The molecule has 6 aromatic carbocycles. The van der Waals surface area contributed by atoms with Gasteiger partial charge in [0.15, 0.2) is 11.4 Å². The largest absolute Gasteiger partial charge is 0.247 e. The molecule has 0 aliphatic rings. The van der Waals surface area contributed by atoms with Gasteiger partial charge in [-0.15, -0.1) is 0 Å². The highest BCUT2D eigenvalue weighted by molar-refractivity contribution is 6.24. The SMILES string of the molecule is [C-]#[N+]c1cc([N+]#[C-])cc(-c2cc3c(-c4ccccc4)nc4ccccc4c3c3nc(-c4ccccc4)c(-c4ccccc4)nc23)c1. The highest BCUT2D eigenvalue weighted by Gasteiger charge is 2.22. The van der Waals surface area contributed by atoms with Crippen LogP contribution in [-0.2, 0) is 0 Å². The smallest absolute Gasteiger partial charge is 0.177 e. The Bertz CT molecular complexity index is 2500. The molecule has 212 valence electrons. The summed E-state index contributed by atoms with van der Waals surface area (Å²) in [5.74, 6) is 0. The van der Waals surface area contributed by atoms with E-state index in [1.807, 2.05) is 97.1 Å². The van der Waals surface area contributed by atoms with Gasteiger partial charge in [-0.1, -0.05) is 127 Å². The molecule has 0 saturated carbocycles. The molecule has 0 amide bonds. The third kappa shape index (κ3) is 4.52. The number of fused-ring (bicyclic) bond motifs is 5. The lowest BCUT2D eigenvalue weighted by molar-refractivity contribution is 1.30. The lowest BCUT2D eigenvalue weighted by Gasteiger charge is -2.18. The fourth-order valence-corrected chi connectivity index (χ4v) is 6.14. The van der Waals surface area contributed by atoms with Crippen molar-refractivity contribution in [3.05, 3.63) is 162 Å². The van der Waals surface area contributed by atoms with Crippen LogP contribution in [-0.4, -0.2) is 15.0 Å². The lowest BCUT2D eigenvalue weighted by atomic mass is 9.92. The number of aromatic nitrogens is 3. The van der Waals surface area contributed by atoms with E-state index in [4.69, 9.17) is 28.1 Å². The average molecular weight is 586 g/mol. The zero-order valence-corrected chi connectivity index (χ0v) is 24.5. The summed E-state index contributed by atoms with van der Waals surface area (Å²) in [6, 6.07) is 45.9. The molecule has 0 unspecified atom stereocenters. The molecular formula is C41H23N5. The minimum atomic E-state index is 0.397. The summed E-state index contributed by atoms with van der Waals surface area (Å²) in [4.78, 5) is 23.5. The molecule has 8 aromatic rings. The Morgan fingerprint density at radius 2 is 0.913 bits per heavy atom. The minimum absolute atomic E-state index is 0.397. The normalized spacial score (nSPS) is 11.0. The van der Waals surface area contributed by atoms with Gasteiger partial charge in [0, 0.05) is 38.4 Å². The van der Waals surface area contributed by atoms with E-state index < -0.39 is 0 Å². The molecule has 0 N–H and O–H groups in total. The van der Waals surface area contributed by atoms with Crippen LogP contribution in [0.2, 0.25) is 0 Å². The van der Waals surface area contributed by atoms with Crippen LogP contribution in [0.25, 0.3) is 87.3 Å². The van der Waals surface area contributed by atoms with E-state index >= 15 is 0 Å². The molecule has 8 rings (SSSR count). The lowest BCUT2D eigenvalue weighted by Crippen LogP contribution is -2.00. The van der Waals surface area contributed by atoms with Gasteiger partial charge in [-0.3, -0.25) is 0 Å². The van der Waals surface area contributed by atoms with E-state index in [0.29, 0.717) is 16.9 Å². The first kappa shape index (κ1) is 26.9. The Labute approximate surface area is 265 Å². The van der Waals surface area contributed by atoms with Crippen molar-refractivity contribution in [1.82, 2.24) is 15.0 Å². The maximum Gasteiger partial charge on any atom is 0.177 e. The number of benzene rings is 6. The van der Waals surface area contributed by atoms with Crippen molar-refractivity contribution in [2.24, 2.45) is 0 Å². The maximum atomic E-state index is 7.76.